The molecule has 210 valence electrons. The molecule has 1 N–H and O–H groups in total. The van der Waals surface area contributed by atoms with Gasteiger partial charge in [0.1, 0.15) is 17.4 Å². The number of nitrogens with one attached hydrogen (secondary N) is 1. The maximum Gasteiger partial charge on any atom is 0.263 e. The fourth-order valence-corrected chi connectivity index (χ4v) is 4.96. The number of halogens is 3. The number of alkyl halides is 2. The summed E-state index contributed by atoms with van der Waals surface area (Å²) in [7, 11) is -3.40. The van der Waals surface area contributed by atoms with E-state index in [4.69, 9.17) is 5.26 Å². The van der Waals surface area contributed by atoms with Gasteiger partial charge in [0.2, 0.25) is 5.43 Å². The quantitative estimate of drug-likeness (QED) is 0.311. The summed E-state index contributed by atoms with van der Waals surface area (Å²) in [4.78, 5) is 27.0. The molecule has 1 amide bonds. The molecule has 7 nitrogen and oxygen atoms in total. The first-order valence-corrected chi connectivity index (χ1v) is 14.2. The maximum atomic E-state index is 14.3. The predicted octanol–water partition coefficient (Wildman–Crippen LogP) is 5.15. The van der Waals surface area contributed by atoms with Gasteiger partial charge < -0.3 is 9.88 Å². The van der Waals surface area contributed by atoms with Gasteiger partial charge in [-0.15, -0.1) is 0 Å². The summed E-state index contributed by atoms with van der Waals surface area (Å²) in [6.45, 7) is 1.59. The molecule has 4 rings (SSSR count). The van der Waals surface area contributed by atoms with Gasteiger partial charge in [-0.1, -0.05) is 36.4 Å². The lowest BCUT2D eigenvalue weighted by molar-refractivity contribution is 0.0949. The van der Waals surface area contributed by atoms with Crippen molar-refractivity contribution >= 4 is 15.7 Å². The number of hydrogen-bond donors (Lipinski definition) is 1. The Morgan fingerprint density at radius 3 is 2.34 bits per heavy atom. The van der Waals surface area contributed by atoms with Gasteiger partial charge in [-0.05, 0) is 53.9 Å². The topological polar surface area (TPSA) is 109 Å². The van der Waals surface area contributed by atoms with Gasteiger partial charge in [-0.25, -0.2) is 21.6 Å². The van der Waals surface area contributed by atoms with Crippen LogP contribution in [0.5, 0.6) is 0 Å². The van der Waals surface area contributed by atoms with Gasteiger partial charge in [0.05, 0.1) is 10.5 Å². The standard InChI is InChI=1S/C30H24F3N3O4S/c1-18-27(21-4-3-5-22(13-21)29(32)33)28(37)25(17-36(18)16-20-6-9-23(14-34)26(31)12-20)30(38)35-15-19-7-10-24(11-8-19)41(2,39)40/h3-13,17,29H,15-16H2,1-2H3,(H,35,38). The molecular weight excluding hydrogens is 555 g/mol. The van der Waals surface area contributed by atoms with Crippen molar-refractivity contribution in [3.05, 3.63) is 122 Å². The molecule has 0 aliphatic rings. The van der Waals surface area contributed by atoms with Crippen molar-refractivity contribution in [3.8, 4) is 17.2 Å². The zero-order chi connectivity index (χ0) is 29.9. The van der Waals surface area contributed by atoms with Crippen LogP contribution in [0.2, 0.25) is 0 Å². The van der Waals surface area contributed by atoms with E-state index in [0.717, 1.165) is 6.26 Å². The molecule has 0 saturated heterocycles. The third-order valence-electron chi connectivity index (χ3n) is 6.53. The van der Waals surface area contributed by atoms with E-state index < -0.39 is 33.4 Å². The second-order valence-electron chi connectivity index (χ2n) is 9.41. The van der Waals surface area contributed by atoms with Gasteiger partial charge in [0.25, 0.3) is 12.3 Å². The lowest BCUT2D eigenvalue weighted by Gasteiger charge is -2.18. The molecule has 1 heterocycles. The molecule has 0 spiro atoms. The highest BCUT2D eigenvalue weighted by Crippen LogP contribution is 2.27. The number of hydrogen-bond acceptors (Lipinski definition) is 5. The van der Waals surface area contributed by atoms with Crippen LogP contribution < -0.4 is 10.7 Å². The largest absolute Gasteiger partial charge is 0.348 e. The Balaban J connectivity index is 1.76. The second-order valence-corrected chi connectivity index (χ2v) is 11.4. The predicted molar refractivity (Wildman–Crippen MR) is 147 cm³/mol. The number of sulfone groups is 1. The Bertz CT molecular complexity index is 1840. The Morgan fingerprint density at radius 2 is 1.73 bits per heavy atom. The summed E-state index contributed by atoms with van der Waals surface area (Å²) in [5.41, 5.74) is 0.223. The monoisotopic (exact) mass is 579 g/mol. The average Bonchev–Trinajstić information content (AvgIpc) is 2.93. The number of aromatic nitrogens is 1. The normalized spacial score (nSPS) is 11.3. The van der Waals surface area contributed by atoms with Crippen molar-refractivity contribution in [2.75, 3.05) is 6.26 Å². The summed E-state index contributed by atoms with van der Waals surface area (Å²) in [5, 5.41) is 11.7. The van der Waals surface area contributed by atoms with Crippen molar-refractivity contribution in [2.45, 2.75) is 31.3 Å². The smallest absolute Gasteiger partial charge is 0.263 e. The summed E-state index contributed by atoms with van der Waals surface area (Å²) < 4.78 is 66.1. The molecule has 3 aromatic carbocycles. The minimum Gasteiger partial charge on any atom is -0.348 e. The molecule has 0 fully saturated rings. The highest BCUT2D eigenvalue weighted by molar-refractivity contribution is 7.90. The van der Waals surface area contributed by atoms with Crippen molar-refractivity contribution in [1.29, 1.82) is 5.26 Å². The van der Waals surface area contributed by atoms with Crippen molar-refractivity contribution < 1.29 is 26.4 Å². The number of pyridine rings is 1. The summed E-state index contributed by atoms with van der Waals surface area (Å²) in [6, 6.07) is 16.9. The van der Waals surface area contributed by atoms with Crippen molar-refractivity contribution in [2.24, 2.45) is 0 Å². The van der Waals surface area contributed by atoms with Crippen LogP contribution in [0.1, 0.15) is 44.7 Å². The van der Waals surface area contributed by atoms with Crippen LogP contribution in [0.25, 0.3) is 11.1 Å². The molecule has 0 bridgehead atoms. The molecule has 0 unspecified atom stereocenters. The first kappa shape index (κ1) is 29.3. The zero-order valence-corrected chi connectivity index (χ0v) is 22.8. The fraction of sp³-hybridized carbons (Fsp3) is 0.167. The number of nitrogens with zero attached hydrogens (tertiary/aromatic N) is 2. The summed E-state index contributed by atoms with van der Waals surface area (Å²) >= 11 is 0. The van der Waals surface area contributed by atoms with E-state index in [2.05, 4.69) is 5.32 Å². The van der Waals surface area contributed by atoms with Crippen LogP contribution in [-0.2, 0) is 22.9 Å². The SMILES string of the molecule is Cc1c(-c2cccc(C(F)F)c2)c(=O)c(C(=O)NCc2ccc(S(C)(=O)=O)cc2)cn1Cc1ccc(C#N)c(F)c1. The van der Waals surface area contributed by atoms with Gasteiger partial charge in [0, 0.05) is 42.4 Å². The van der Waals surface area contributed by atoms with E-state index >= 15 is 0 Å². The second kappa shape index (κ2) is 11.8. The zero-order valence-electron chi connectivity index (χ0n) is 22.0. The van der Waals surface area contributed by atoms with E-state index in [-0.39, 0.29) is 45.8 Å². The number of carbonyl (C=O) groups is 1. The summed E-state index contributed by atoms with van der Waals surface area (Å²) in [5.74, 6) is -1.47. The fourth-order valence-electron chi connectivity index (χ4n) is 4.33. The molecular formula is C30H24F3N3O4S. The number of nitriles is 1. The highest BCUT2D eigenvalue weighted by atomic mass is 32.2. The van der Waals surface area contributed by atoms with Crippen LogP contribution in [0.15, 0.2) is 82.6 Å². The molecule has 0 aliphatic heterocycles. The lowest BCUT2D eigenvalue weighted by atomic mass is 9.98. The van der Waals surface area contributed by atoms with Crippen LogP contribution in [0, 0.1) is 24.1 Å². The number of amides is 1. The average molecular weight is 580 g/mol. The van der Waals surface area contributed by atoms with Crippen LogP contribution in [0.3, 0.4) is 0 Å². The van der Waals surface area contributed by atoms with E-state index in [1.54, 1.807) is 17.6 Å². The van der Waals surface area contributed by atoms with E-state index in [0.29, 0.717) is 16.8 Å². The van der Waals surface area contributed by atoms with E-state index in [9.17, 15) is 31.2 Å². The maximum absolute atomic E-state index is 14.3. The molecule has 0 radical (unpaired) electrons. The van der Waals surface area contributed by atoms with Gasteiger partial charge in [-0.2, -0.15) is 5.26 Å². The Kier molecular flexibility index (Phi) is 8.44. The van der Waals surface area contributed by atoms with Crippen LogP contribution in [-0.4, -0.2) is 25.1 Å². The third-order valence-corrected chi connectivity index (χ3v) is 7.66. The molecule has 41 heavy (non-hydrogen) atoms. The first-order valence-electron chi connectivity index (χ1n) is 12.3. The van der Waals surface area contributed by atoms with E-state index in [1.807, 2.05) is 0 Å². The van der Waals surface area contributed by atoms with Crippen LogP contribution >= 0.6 is 0 Å². The number of rotatable bonds is 8. The van der Waals surface area contributed by atoms with Crippen molar-refractivity contribution in [3.63, 3.8) is 0 Å². The Morgan fingerprint density at radius 1 is 1.05 bits per heavy atom. The molecule has 11 heteroatoms. The van der Waals surface area contributed by atoms with E-state index in [1.165, 1.54) is 72.9 Å². The minimum absolute atomic E-state index is 0.0174. The Hall–Kier alpha value is -4.69. The van der Waals surface area contributed by atoms with Crippen molar-refractivity contribution in [1.82, 2.24) is 9.88 Å². The van der Waals surface area contributed by atoms with Gasteiger partial charge in [0.15, 0.2) is 9.84 Å². The van der Waals surface area contributed by atoms with Crippen LogP contribution in [0.4, 0.5) is 13.2 Å². The lowest BCUT2D eigenvalue weighted by Crippen LogP contribution is -2.31. The molecule has 0 saturated carbocycles. The third kappa shape index (κ3) is 6.56. The Labute approximate surface area is 234 Å². The summed E-state index contributed by atoms with van der Waals surface area (Å²) in [6.07, 6.45) is -0.386. The van der Waals surface area contributed by atoms with Gasteiger partial charge >= 0.3 is 0 Å². The first-order chi connectivity index (χ1) is 19.4. The number of carbonyl (C=O) groups excluding carboxylic acids is 1. The van der Waals surface area contributed by atoms with Gasteiger partial charge in [-0.3, -0.25) is 9.59 Å². The molecule has 4 aromatic rings. The molecule has 0 atom stereocenters. The highest BCUT2D eigenvalue weighted by Gasteiger charge is 2.21. The minimum atomic E-state index is -3.40. The molecule has 1 aromatic heterocycles. The number of benzene rings is 3. The molecule has 0 aliphatic carbocycles.